The monoisotopic (exact) mass is 920 g/mol. The number of benzene rings is 1. The van der Waals surface area contributed by atoms with E-state index in [9.17, 15) is 36.0 Å². The fraction of sp³-hybridized carbons (Fsp3) is 0.659. The molecule has 0 bridgehead atoms. The van der Waals surface area contributed by atoms with E-state index in [4.69, 9.17) is 23.9 Å². The smallest absolute Gasteiger partial charge is 0.427 e. The largest absolute Gasteiger partial charge is 0.497 e. The third-order valence-corrected chi connectivity index (χ3v) is 15.7. The van der Waals surface area contributed by atoms with E-state index < -0.39 is 85.9 Å². The Bertz CT molecular complexity index is 2270. The number of pyridine rings is 1. The van der Waals surface area contributed by atoms with Crippen LogP contribution in [-0.2, 0) is 33.9 Å². The van der Waals surface area contributed by atoms with Crippen molar-refractivity contribution < 1.29 is 59.7 Å². The zero-order valence-corrected chi connectivity index (χ0v) is 37.9. The van der Waals surface area contributed by atoms with Gasteiger partial charge in [-0.25, -0.2) is 18.2 Å². The Balaban J connectivity index is 1.25. The lowest BCUT2D eigenvalue weighted by Crippen LogP contribution is -2.60. The van der Waals surface area contributed by atoms with Crippen LogP contribution in [0.2, 0.25) is 0 Å². The molecule has 7 rings (SSSR count). The molecular weight excluding hydrogens is 862 g/mol. The lowest BCUT2D eigenvalue weighted by atomic mass is 9.85. The van der Waals surface area contributed by atoms with Gasteiger partial charge in [-0.2, -0.15) is 13.2 Å². The Kier molecular flexibility index (Phi) is 13.1. The van der Waals surface area contributed by atoms with E-state index in [1.165, 1.54) is 4.90 Å². The van der Waals surface area contributed by atoms with Crippen LogP contribution in [0.1, 0.15) is 86.0 Å². The number of morpholine rings is 1. The summed E-state index contributed by atoms with van der Waals surface area (Å²) in [5, 5.41) is 6.68. The molecule has 4 amide bonds. The molecular formula is C44H59F3N6O10S. The number of halogens is 3. The van der Waals surface area contributed by atoms with E-state index in [0.717, 1.165) is 11.1 Å². The molecule has 7 atom stereocenters. The quantitative estimate of drug-likeness (QED) is 0.266. The van der Waals surface area contributed by atoms with Gasteiger partial charge in [0.1, 0.15) is 29.5 Å². The number of anilines is 1. The molecule has 0 radical (unpaired) electrons. The van der Waals surface area contributed by atoms with E-state index >= 15 is 4.79 Å². The number of hydrogen-bond donors (Lipinski definition) is 3. The van der Waals surface area contributed by atoms with Crippen LogP contribution >= 0.6 is 0 Å². The number of allylic oxidation sites excluding steroid dienone is 1. The Hall–Kier alpha value is -4.85. The third kappa shape index (κ3) is 9.58. The molecule has 2 saturated carbocycles. The van der Waals surface area contributed by atoms with Crippen molar-refractivity contribution in [2.45, 2.75) is 126 Å². The molecule has 20 heteroatoms. The molecule has 3 N–H and O–H groups in total. The number of fused-ring (bicyclic) bond motifs is 3. The topological polar surface area (TPSA) is 195 Å². The Morgan fingerprint density at radius 1 is 1.09 bits per heavy atom. The zero-order chi connectivity index (χ0) is 46.4. The van der Waals surface area contributed by atoms with Crippen molar-refractivity contribution in [2.75, 3.05) is 44.9 Å². The first kappa shape index (κ1) is 47.1. The SMILES string of the molecule is CC[C@@H]1C[C@H](C)CCC=C[C@@H]2C[C@@]2(C(=O)NS(=O)(=O)C2(C)CC2)NC(=O)C2C[C@@H](Oc3ncc(N4CCOCC4)c4cc(OC)ccc34)CN2C(=O)[C@H]1NC(=O)OC(C)(C)C(F)(F)F. The molecule has 4 heterocycles. The molecule has 3 aliphatic heterocycles. The van der Waals surface area contributed by atoms with Gasteiger partial charge < -0.3 is 39.4 Å². The van der Waals surface area contributed by atoms with Gasteiger partial charge in [0.15, 0.2) is 0 Å². The Labute approximate surface area is 371 Å². The second-order valence-corrected chi connectivity index (χ2v) is 20.8. The van der Waals surface area contributed by atoms with Crippen molar-refractivity contribution in [3.8, 4) is 11.6 Å². The number of alkyl carbamates (subject to hydrolysis) is 1. The second kappa shape index (κ2) is 17.9. The highest BCUT2D eigenvalue weighted by atomic mass is 32.2. The summed E-state index contributed by atoms with van der Waals surface area (Å²) in [6, 6.07) is 2.64. The number of ether oxygens (including phenoxy) is 4. The van der Waals surface area contributed by atoms with Gasteiger partial charge >= 0.3 is 12.3 Å². The molecule has 352 valence electrons. The molecule has 1 aromatic carbocycles. The molecule has 5 aliphatic rings. The molecule has 1 unspecified atom stereocenters. The van der Waals surface area contributed by atoms with Gasteiger partial charge in [-0.05, 0) is 89.3 Å². The standard InChI is InChI=1S/C44H59F3N6O10S/c1-7-27-20-26(2)10-8-9-11-28-23-43(28,39(56)51-64(58,59)42(5)14-15-42)50-36(54)33-22-30(25-53(33)38(55)35(27)49-40(57)63-41(3,4)44(45,46)47)62-37-31-13-12-29(60-6)21-32(31)34(24-48-37)52-16-18-61-19-17-52/h9,11-13,21,24,26-28,30,33,35H,7-8,10,14-20,22-23,25H2,1-6H3,(H,49,57)(H,50,54)(H,51,56)/t26-,27-,28-,30-,33?,35+,43-/m1/s1. The summed E-state index contributed by atoms with van der Waals surface area (Å²) in [5.41, 5.74) is -3.73. The number of alkyl halides is 3. The number of hydrogen-bond acceptors (Lipinski definition) is 12. The Morgan fingerprint density at radius 2 is 1.81 bits per heavy atom. The maximum Gasteiger partial charge on any atom is 0.427 e. The number of amides is 4. The number of carbonyl (C=O) groups is 4. The average Bonchev–Trinajstić information content (AvgIpc) is 4.13. The van der Waals surface area contributed by atoms with Gasteiger partial charge in [-0.1, -0.05) is 32.4 Å². The van der Waals surface area contributed by atoms with E-state index in [1.807, 2.05) is 19.1 Å². The first-order valence-electron chi connectivity index (χ1n) is 22.0. The fourth-order valence-electron chi connectivity index (χ4n) is 8.88. The summed E-state index contributed by atoms with van der Waals surface area (Å²) >= 11 is 0. The summed E-state index contributed by atoms with van der Waals surface area (Å²) in [6.07, 6.45) is 0.668. The van der Waals surface area contributed by atoms with Crippen LogP contribution in [0, 0.1) is 17.8 Å². The van der Waals surface area contributed by atoms with Crippen LogP contribution in [0.5, 0.6) is 11.6 Å². The van der Waals surface area contributed by atoms with Crippen molar-refractivity contribution in [3.05, 3.63) is 36.5 Å². The minimum atomic E-state index is -4.92. The number of carbonyl (C=O) groups excluding carboxylic acids is 4. The van der Waals surface area contributed by atoms with Crippen molar-refractivity contribution in [3.63, 3.8) is 0 Å². The maximum atomic E-state index is 15.1. The summed E-state index contributed by atoms with van der Waals surface area (Å²) < 4.78 is 92.0. The molecule has 0 spiro atoms. The van der Waals surface area contributed by atoms with Gasteiger partial charge in [0, 0.05) is 36.2 Å². The lowest BCUT2D eigenvalue weighted by Gasteiger charge is -2.35. The normalized spacial score (nSPS) is 28.8. The van der Waals surface area contributed by atoms with Gasteiger partial charge in [0.25, 0.3) is 5.91 Å². The molecule has 16 nitrogen and oxygen atoms in total. The zero-order valence-electron chi connectivity index (χ0n) is 37.1. The van der Waals surface area contributed by atoms with Crippen molar-refractivity contribution in [1.29, 1.82) is 0 Å². The molecule has 2 saturated heterocycles. The van der Waals surface area contributed by atoms with Crippen LogP contribution in [0.15, 0.2) is 36.5 Å². The van der Waals surface area contributed by atoms with E-state index in [1.54, 1.807) is 45.4 Å². The van der Waals surface area contributed by atoms with Gasteiger partial charge in [-0.15, -0.1) is 0 Å². The summed E-state index contributed by atoms with van der Waals surface area (Å²) in [4.78, 5) is 65.3. The van der Waals surface area contributed by atoms with Crippen molar-refractivity contribution in [1.82, 2.24) is 25.2 Å². The summed E-state index contributed by atoms with van der Waals surface area (Å²) in [5.74, 6) is -2.84. The van der Waals surface area contributed by atoms with Crippen LogP contribution in [0.3, 0.4) is 0 Å². The molecule has 4 fully saturated rings. The number of nitrogens with zero attached hydrogens (tertiary/aromatic N) is 3. The highest BCUT2D eigenvalue weighted by Crippen LogP contribution is 2.48. The van der Waals surface area contributed by atoms with E-state index in [2.05, 4.69) is 20.3 Å². The van der Waals surface area contributed by atoms with Gasteiger partial charge in [0.2, 0.25) is 33.3 Å². The van der Waals surface area contributed by atoms with Gasteiger partial charge in [0.05, 0.1) is 43.5 Å². The molecule has 2 aromatic rings. The number of nitrogens with one attached hydrogen (secondary N) is 3. The molecule has 64 heavy (non-hydrogen) atoms. The number of sulfonamides is 1. The summed E-state index contributed by atoms with van der Waals surface area (Å²) in [6.45, 7) is 8.80. The Morgan fingerprint density at radius 3 is 2.47 bits per heavy atom. The van der Waals surface area contributed by atoms with Crippen LogP contribution < -0.4 is 29.7 Å². The third-order valence-electron chi connectivity index (χ3n) is 13.6. The average molecular weight is 921 g/mol. The first-order chi connectivity index (χ1) is 30.1. The molecule has 1 aromatic heterocycles. The fourth-order valence-corrected chi connectivity index (χ4v) is 10.2. The minimum absolute atomic E-state index is 0.0419. The minimum Gasteiger partial charge on any atom is -0.497 e. The van der Waals surface area contributed by atoms with Crippen molar-refractivity contribution in [2.24, 2.45) is 17.8 Å². The van der Waals surface area contributed by atoms with E-state index in [-0.39, 0.29) is 31.2 Å². The predicted octanol–water partition coefficient (Wildman–Crippen LogP) is 5.14. The van der Waals surface area contributed by atoms with E-state index in [0.29, 0.717) is 89.8 Å². The van der Waals surface area contributed by atoms with Crippen LogP contribution in [0.4, 0.5) is 23.7 Å². The van der Waals surface area contributed by atoms with Gasteiger partial charge in [-0.3, -0.25) is 19.1 Å². The number of rotatable bonds is 10. The number of aromatic nitrogens is 1. The van der Waals surface area contributed by atoms with Crippen LogP contribution in [-0.4, -0.2) is 122 Å². The highest BCUT2D eigenvalue weighted by molar-refractivity contribution is 7.91. The number of methoxy groups -OCH3 is 1. The van der Waals surface area contributed by atoms with Crippen molar-refractivity contribution >= 4 is 50.3 Å². The molecule has 2 aliphatic carbocycles. The predicted molar refractivity (Wildman–Crippen MR) is 229 cm³/mol. The van der Waals surface area contributed by atoms with Crippen LogP contribution in [0.25, 0.3) is 10.8 Å². The lowest BCUT2D eigenvalue weighted by molar-refractivity contribution is -0.244. The highest BCUT2D eigenvalue weighted by Gasteiger charge is 2.63. The first-order valence-corrected chi connectivity index (χ1v) is 23.5. The summed E-state index contributed by atoms with van der Waals surface area (Å²) in [7, 11) is -2.54. The maximum absolute atomic E-state index is 15.1. The second-order valence-electron chi connectivity index (χ2n) is 18.6.